The SMILES string of the molecule is CCC1CN(C(=O)NC2CC2)CCO1. The average molecular weight is 198 g/mol. The number of carbonyl (C=O) groups excluding carboxylic acids is 1. The summed E-state index contributed by atoms with van der Waals surface area (Å²) in [4.78, 5) is 13.5. The smallest absolute Gasteiger partial charge is 0.317 e. The molecule has 80 valence electrons. The van der Waals surface area contributed by atoms with Crippen LogP contribution in [0, 0.1) is 0 Å². The van der Waals surface area contributed by atoms with Gasteiger partial charge in [0, 0.05) is 19.1 Å². The largest absolute Gasteiger partial charge is 0.375 e. The van der Waals surface area contributed by atoms with Crippen molar-refractivity contribution in [2.75, 3.05) is 19.7 Å². The Morgan fingerprint density at radius 3 is 3.00 bits per heavy atom. The lowest BCUT2D eigenvalue weighted by molar-refractivity contribution is -0.0154. The number of hydrogen-bond donors (Lipinski definition) is 1. The maximum Gasteiger partial charge on any atom is 0.317 e. The van der Waals surface area contributed by atoms with Gasteiger partial charge < -0.3 is 15.0 Å². The van der Waals surface area contributed by atoms with E-state index in [0.29, 0.717) is 12.6 Å². The van der Waals surface area contributed by atoms with Crippen molar-refractivity contribution < 1.29 is 9.53 Å². The fourth-order valence-electron chi connectivity index (χ4n) is 1.64. The van der Waals surface area contributed by atoms with Gasteiger partial charge in [0.05, 0.1) is 12.7 Å². The van der Waals surface area contributed by atoms with Crippen molar-refractivity contribution in [1.29, 1.82) is 0 Å². The highest BCUT2D eigenvalue weighted by Gasteiger charge is 2.28. The van der Waals surface area contributed by atoms with Gasteiger partial charge in [-0.1, -0.05) is 6.92 Å². The van der Waals surface area contributed by atoms with E-state index >= 15 is 0 Å². The molecule has 1 N–H and O–H groups in total. The number of hydrogen-bond acceptors (Lipinski definition) is 2. The first-order valence-corrected chi connectivity index (χ1v) is 5.46. The fraction of sp³-hybridized carbons (Fsp3) is 0.900. The van der Waals surface area contributed by atoms with E-state index in [2.05, 4.69) is 12.2 Å². The minimum Gasteiger partial charge on any atom is -0.375 e. The Morgan fingerprint density at radius 2 is 2.36 bits per heavy atom. The predicted octanol–water partition coefficient (Wildman–Crippen LogP) is 0.969. The van der Waals surface area contributed by atoms with E-state index < -0.39 is 0 Å². The third-order valence-electron chi connectivity index (χ3n) is 2.79. The Hall–Kier alpha value is -0.770. The molecule has 0 radical (unpaired) electrons. The number of rotatable bonds is 2. The molecule has 1 saturated heterocycles. The number of ether oxygens (including phenoxy) is 1. The highest BCUT2D eigenvalue weighted by atomic mass is 16.5. The van der Waals surface area contributed by atoms with Crippen molar-refractivity contribution in [3.8, 4) is 0 Å². The molecule has 4 heteroatoms. The minimum atomic E-state index is 0.0919. The molecule has 1 saturated carbocycles. The molecule has 0 bridgehead atoms. The summed E-state index contributed by atoms with van der Waals surface area (Å²) in [5.41, 5.74) is 0. The summed E-state index contributed by atoms with van der Waals surface area (Å²) >= 11 is 0. The van der Waals surface area contributed by atoms with E-state index in [4.69, 9.17) is 4.74 Å². The molecule has 0 aromatic carbocycles. The lowest BCUT2D eigenvalue weighted by Crippen LogP contribution is -2.49. The monoisotopic (exact) mass is 198 g/mol. The van der Waals surface area contributed by atoms with Crippen LogP contribution in [0.25, 0.3) is 0 Å². The third-order valence-corrected chi connectivity index (χ3v) is 2.79. The van der Waals surface area contributed by atoms with Crippen LogP contribution in [0.3, 0.4) is 0 Å². The zero-order valence-electron chi connectivity index (χ0n) is 8.66. The van der Waals surface area contributed by atoms with E-state index in [1.54, 1.807) is 0 Å². The van der Waals surface area contributed by atoms with Crippen molar-refractivity contribution in [3.05, 3.63) is 0 Å². The Bertz CT molecular complexity index is 216. The number of carbonyl (C=O) groups is 1. The molecule has 2 amide bonds. The van der Waals surface area contributed by atoms with Crippen LogP contribution < -0.4 is 5.32 Å². The normalized spacial score (nSPS) is 27.5. The van der Waals surface area contributed by atoms with Crippen LogP contribution in [-0.4, -0.2) is 42.8 Å². The van der Waals surface area contributed by atoms with Gasteiger partial charge in [-0.05, 0) is 19.3 Å². The molecule has 0 spiro atoms. The minimum absolute atomic E-state index is 0.0919. The standard InChI is InChI=1S/C10H18N2O2/c1-2-9-7-12(5-6-14-9)10(13)11-8-3-4-8/h8-9H,2-7H2,1H3,(H,11,13). The van der Waals surface area contributed by atoms with Crippen LogP contribution in [0.5, 0.6) is 0 Å². The van der Waals surface area contributed by atoms with Gasteiger partial charge in [0.1, 0.15) is 0 Å². The van der Waals surface area contributed by atoms with Crippen molar-refractivity contribution in [3.63, 3.8) is 0 Å². The van der Waals surface area contributed by atoms with Crippen molar-refractivity contribution in [2.24, 2.45) is 0 Å². The summed E-state index contributed by atoms with van der Waals surface area (Å²) in [6.07, 6.45) is 3.50. The van der Waals surface area contributed by atoms with E-state index in [1.165, 1.54) is 0 Å². The van der Waals surface area contributed by atoms with Crippen LogP contribution in [0.1, 0.15) is 26.2 Å². The number of morpholine rings is 1. The van der Waals surface area contributed by atoms with Crippen LogP contribution in [0.2, 0.25) is 0 Å². The Labute approximate surface area is 84.6 Å². The molecule has 1 atom stereocenters. The summed E-state index contributed by atoms with van der Waals surface area (Å²) in [6.45, 7) is 4.24. The number of amides is 2. The Kier molecular flexibility index (Phi) is 2.91. The lowest BCUT2D eigenvalue weighted by Gasteiger charge is -2.32. The summed E-state index contributed by atoms with van der Waals surface area (Å²) in [5.74, 6) is 0. The average Bonchev–Trinajstić information content (AvgIpc) is 3.02. The van der Waals surface area contributed by atoms with Crippen molar-refractivity contribution >= 4 is 6.03 Å². The molecule has 1 aliphatic carbocycles. The summed E-state index contributed by atoms with van der Waals surface area (Å²) in [7, 11) is 0. The quantitative estimate of drug-likeness (QED) is 0.718. The first kappa shape index (κ1) is 9.77. The Morgan fingerprint density at radius 1 is 1.57 bits per heavy atom. The van der Waals surface area contributed by atoms with Gasteiger partial charge >= 0.3 is 6.03 Å². The predicted molar refractivity (Wildman–Crippen MR) is 53.2 cm³/mol. The topological polar surface area (TPSA) is 41.6 Å². The van der Waals surface area contributed by atoms with Gasteiger partial charge in [-0.25, -0.2) is 4.79 Å². The molecule has 2 rings (SSSR count). The van der Waals surface area contributed by atoms with Crippen LogP contribution in [0.4, 0.5) is 4.79 Å². The molecule has 14 heavy (non-hydrogen) atoms. The van der Waals surface area contributed by atoms with Crippen LogP contribution >= 0.6 is 0 Å². The molecule has 1 heterocycles. The van der Waals surface area contributed by atoms with Crippen LogP contribution in [0.15, 0.2) is 0 Å². The van der Waals surface area contributed by atoms with E-state index in [9.17, 15) is 4.79 Å². The molecule has 1 unspecified atom stereocenters. The van der Waals surface area contributed by atoms with Gasteiger partial charge in [-0.15, -0.1) is 0 Å². The van der Waals surface area contributed by atoms with Gasteiger partial charge in [0.15, 0.2) is 0 Å². The van der Waals surface area contributed by atoms with Crippen LogP contribution in [-0.2, 0) is 4.74 Å². The molecule has 0 aromatic heterocycles. The van der Waals surface area contributed by atoms with Gasteiger partial charge in [0.2, 0.25) is 0 Å². The number of urea groups is 1. The molecule has 2 aliphatic rings. The van der Waals surface area contributed by atoms with Gasteiger partial charge in [0.25, 0.3) is 0 Å². The zero-order valence-corrected chi connectivity index (χ0v) is 8.66. The zero-order chi connectivity index (χ0) is 9.97. The molecule has 2 fully saturated rings. The fourth-order valence-corrected chi connectivity index (χ4v) is 1.64. The second-order valence-corrected chi connectivity index (χ2v) is 4.07. The van der Waals surface area contributed by atoms with Crippen molar-refractivity contribution in [2.45, 2.75) is 38.3 Å². The molecular formula is C10H18N2O2. The molecule has 1 aliphatic heterocycles. The third kappa shape index (κ3) is 2.38. The molecule has 4 nitrogen and oxygen atoms in total. The summed E-state index contributed by atoms with van der Waals surface area (Å²) < 4.78 is 5.51. The van der Waals surface area contributed by atoms with Gasteiger partial charge in [-0.2, -0.15) is 0 Å². The maximum absolute atomic E-state index is 11.7. The highest BCUT2D eigenvalue weighted by molar-refractivity contribution is 5.75. The molecular weight excluding hydrogens is 180 g/mol. The Balaban J connectivity index is 1.79. The van der Waals surface area contributed by atoms with Gasteiger partial charge in [-0.3, -0.25) is 0 Å². The maximum atomic E-state index is 11.7. The summed E-state index contributed by atoms with van der Waals surface area (Å²) in [5, 5.41) is 3.00. The molecule has 0 aromatic rings. The van der Waals surface area contributed by atoms with E-state index in [-0.39, 0.29) is 12.1 Å². The second kappa shape index (κ2) is 4.17. The van der Waals surface area contributed by atoms with E-state index in [1.807, 2.05) is 4.90 Å². The second-order valence-electron chi connectivity index (χ2n) is 4.07. The first-order valence-electron chi connectivity index (χ1n) is 5.46. The lowest BCUT2D eigenvalue weighted by atomic mass is 10.2. The first-order chi connectivity index (χ1) is 6.79. The highest BCUT2D eigenvalue weighted by Crippen LogP contribution is 2.19. The van der Waals surface area contributed by atoms with E-state index in [0.717, 1.165) is 32.4 Å². The van der Waals surface area contributed by atoms with Crippen molar-refractivity contribution in [1.82, 2.24) is 10.2 Å². The number of nitrogens with one attached hydrogen (secondary N) is 1. The number of nitrogens with zero attached hydrogens (tertiary/aromatic N) is 1. The summed E-state index contributed by atoms with van der Waals surface area (Å²) in [6, 6.07) is 0.541.